The molecule has 1 saturated heterocycles. The van der Waals surface area contributed by atoms with Gasteiger partial charge < -0.3 is 9.30 Å². The Bertz CT molecular complexity index is 1100. The second-order valence-corrected chi connectivity index (χ2v) is 9.12. The number of methoxy groups -OCH3 is 1. The van der Waals surface area contributed by atoms with Gasteiger partial charge >= 0.3 is 0 Å². The molecule has 6 nitrogen and oxygen atoms in total. The van der Waals surface area contributed by atoms with E-state index in [0.717, 1.165) is 22.5 Å². The van der Waals surface area contributed by atoms with Crippen LogP contribution in [0.5, 0.6) is 5.75 Å². The molecule has 0 amide bonds. The third kappa shape index (κ3) is 3.16. The molecule has 1 atom stereocenters. The fourth-order valence-electron chi connectivity index (χ4n) is 3.65. The molecule has 3 aromatic rings. The quantitative estimate of drug-likeness (QED) is 0.672. The molecule has 1 aliphatic rings. The summed E-state index contributed by atoms with van der Waals surface area (Å²) in [5.41, 5.74) is 4.29. The molecule has 28 heavy (non-hydrogen) atoms. The molecular weight excluding hydrogens is 374 g/mol. The summed E-state index contributed by atoms with van der Waals surface area (Å²) in [5.74, 6) is 0.601. The number of sulfonamides is 1. The van der Waals surface area contributed by atoms with Crippen molar-refractivity contribution in [3.05, 3.63) is 71.8 Å². The van der Waals surface area contributed by atoms with E-state index in [2.05, 4.69) is 4.98 Å². The Morgan fingerprint density at radius 3 is 2.50 bits per heavy atom. The van der Waals surface area contributed by atoms with Crippen molar-refractivity contribution < 1.29 is 13.2 Å². The number of hydrogen-bond donors (Lipinski definition) is 0. The van der Waals surface area contributed by atoms with Crippen LogP contribution in [-0.4, -0.2) is 31.6 Å². The van der Waals surface area contributed by atoms with Gasteiger partial charge in [-0.15, -0.1) is 0 Å². The van der Waals surface area contributed by atoms with Crippen LogP contribution >= 0.6 is 0 Å². The van der Waals surface area contributed by atoms with Crippen LogP contribution in [0.1, 0.15) is 28.5 Å². The Labute approximate surface area is 165 Å². The predicted octanol–water partition coefficient (Wildman–Crippen LogP) is 3.78. The maximum absolute atomic E-state index is 13.2. The van der Waals surface area contributed by atoms with Crippen LogP contribution in [0.2, 0.25) is 0 Å². The molecule has 7 heteroatoms. The minimum atomic E-state index is -3.49. The highest BCUT2D eigenvalue weighted by molar-refractivity contribution is 7.93. The number of aromatic nitrogens is 2. The maximum atomic E-state index is 13.2. The monoisotopic (exact) mass is 397 g/mol. The first-order chi connectivity index (χ1) is 13.4. The fourth-order valence-corrected chi connectivity index (χ4v) is 5.63. The lowest BCUT2D eigenvalue weighted by Gasteiger charge is -2.21. The summed E-state index contributed by atoms with van der Waals surface area (Å²) in [6.07, 6.45) is 4.18. The zero-order chi connectivity index (χ0) is 19.9. The van der Waals surface area contributed by atoms with Crippen LogP contribution in [0.15, 0.2) is 55.0 Å². The van der Waals surface area contributed by atoms with Gasteiger partial charge in [-0.25, -0.2) is 13.4 Å². The second-order valence-electron chi connectivity index (χ2n) is 7.08. The van der Waals surface area contributed by atoms with Crippen molar-refractivity contribution in [1.29, 1.82) is 0 Å². The van der Waals surface area contributed by atoms with Gasteiger partial charge in [-0.3, -0.25) is 4.31 Å². The van der Waals surface area contributed by atoms with Crippen LogP contribution in [0.4, 0.5) is 5.69 Å². The lowest BCUT2D eigenvalue weighted by atomic mass is 10.1. The molecule has 2 heterocycles. The average Bonchev–Trinajstić information content (AvgIpc) is 3.24. The van der Waals surface area contributed by atoms with Crippen LogP contribution in [0.3, 0.4) is 0 Å². The molecule has 1 fully saturated rings. The van der Waals surface area contributed by atoms with Gasteiger partial charge in [0.2, 0.25) is 10.0 Å². The van der Waals surface area contributed by atoms with Gasteiger partial charge in [0.25, 0.3) is 0 Å². The Morgan fingerprint density at radius 2 is 1.86 bits per heavy atom. The highest BCUT2D eigenvalue weighted by atomic mass is 32.2. The van der Waals surface area contributed by atoms with Crippen LogP contribution in [0.25, 0.3) is 5.69 Å². The largest absolute Gasteiger partial charge is 0.494 e. The Hall–Kier alpha value is -2.80. The first kappa shape index (κ1) is 18.6. The van der Waals surface area contributed by atoms with Crippen molar-refractivity contribution in [1.82, 2.24) is 9.55 Å². The molecule has 4 rings (SSSR count). The highest BCUT2D eigenvalue weighted by Gasteiger charge is 2.40. The summed E-state index contributed by atoms with van der Waals surface area (Å²) in [4.78, 5) is 4.24. The van der Waals surface area contributed by atoms with E-state index in [1.807, 2.05) is 61.0 Å². The third-order valence-electron chi connectivity index (χ3n) is 5.15. The van der Waals surface area contributed by atoms with Crippen molar-refractivity contribution in [2.75, 3.05) is 18.0 Å². The van der Waals surface area contributed by atoms with E-state index in [1.54, 1.807) is 19.5 Å². The van der Waals surface area contributed by atoms with Crippen LogP contribution in [0, 0.1) is 13.8 Å². The van der Waals surface area contributed by atoms with E-state index in [-0.39, 0.29) is 0 Å². The summed E-state index contributed by atoms with van der Waals surface area (Å²) >= 11 is 0. The molecule has 0 N–H and O–H groups in total. The highest BCUT2D eigenvalue weighted by Crippen LogP contribution is 2.40. The molecule has 1 unspecified atom stereocenters. The first-order valence-electron chi connectivity index (χ1n) is 9.17. The van der Waals surface area contributed by atoms with Gasteiger partial charge in [0.1, 0.15) is 11.0 Å². The van der Waals surface area contributed by atoms with Crippen molar-refractivity contribution in [3.63, 3.8) is 0 Å². The Kier molecular flexibility index (Phi) is 4.63. The molecule has 0 spiro atoms. The third-order valence-corrected chi connectivity index (χ3v) is 7.39. The maximum Gasteiger partial charge on any atom is 0.242 e. The van der Waals surface area contributed by atoms with Crippen molar-refractivity contribution >= 4 is 15.7 Å². The van der Waals surface area contributed by atoms with Gasteiger partial charge in [-0.2, -0.15) is 0 Å². The SMILES string of the molecule is COc1cc(N2CCC(c3ccc(C)cc3)S2(=O)=O)ccc1-n1cnc(C)c1. The van der Waals surface area contributed by atoms with Gasteiger partial charge in [0.15, 0.2) is 0 Å². The second kappa shape index (κ2) is 6.98. The van der Waals surface area contributed by atoms with Crippen molar-refractivity contribution in [3.8, 4) is 11.4 Å². The topological polar surface area (TPSA) is 64.4 Å². The summed E-state index contributed by atoms with van der Waals surface area (Å²) in [7, 11) is -1.90. The van der Waals surface area contributed by atoms with E-state index in [9.17, 15) is 8.42 Å². The molecule has 146 valence electrons. The van der Waals surface area contributed by atoms with Gasteiger partial charge in [-0.05, 0) is 38.0 Å². The molecule has 0 bridgehead atoms. The zero-order valence-corrected chi connectivity index (χ0v) is 17.0. The fraction of sp³-hybridized carbons (Fsp3) is 0.286. The number of imidazole rings is 1. The number of aryl methyl sites for hydroxylation is 2. The van der Waals surface area contributed by atoms with E-state index in [4.69, 9.17) is 4.74 Å². The molecule has 0 saturated carbocycles. The van der Waals surface area contributed by atoms with Gasteiger partial charge in [0, 0.05) is 18.8 Å². The van der Waals surface area contributed by atoms with Gasteiger partial charge in [0.05, 0.1) is 30.5 Å². The van der Waals surface area contributed by atoms with E-state index in [0.29, 0.717) is 24.4 Å². The van der Waals surface area contributed by atoms with Crippen molar-refractivity contribution in [2.45, 2.75) is 25.5 Å². The lowest BCUT2D eigenvalue weighted by Crippen LogP contribution is -2.26. The zero-order valence-electron chi connectivity index (χ0n) is 16.2. The summed E-state index contributed by atoms with van der Waals surface area (Å²) in [5, 5.41) is -0.518. The van der Waals surface area contributed by atoms with E-state index >= 15 is 0 Å². The number of rotatable bonds is 4. The summed E-state index contributed by atoms with van der Waals surface area (Å²) in [6, 6.07) is 13.2. The number of benzene rings is 2. The normalized spacial score (nSPS) is 18.4. The number of ether oxygens (including phenoxy) is 1. The predicted molar refractivity (Wildman–Crippen MR) is 110 cm³/mol. The first-order valence-corrected chi connectivity index (χ1v) is 10.7. The Balaban J connectivity index is 1.68. The van der Waals surface area contributed by atoms with E-state index < -0.39 is 15.3 Å². The minimum absolute atomic E-state index is 0.452. The number of hydrogen-bond acceptors (Lipinski definition) is 4. The average molecular weight is 398 g/mol. The molecule has 2 aromatic carbocycles. The van der Waals surface area contributed by atoms with Gasteiger partial charge in [-0.1, -0.05) is 29.8 Å². The molecule has 0 radical (unpaired) electrons. The Morgan fingerprint density at radius 1 is 1.11 bits per heavy atom. The van der Waals surface area contributed by atoms with Crippen LogP contribution < -0.4 is 9.04 Å². The van der Waals surface area contributed by atoms with Crippen LogP contribution in [-0.2, 0) is 10.0 Å². The van der Waals surface area contributed by atoms with Crippen molar-refractivity contribution in [2.24, 2.45) is 0 Å². The standard InChI is InChI=1S/C21H23N3O3S/c1-15-4-6-17(7-5-15)21-10-11-24(28(21,25)26)18-8-9-19(20(12-18)27-3)23-13-16(2)22-14-23/h4-9,12-14,21H,10-11H2,1-3H3. The smallest absolute Gasteiger partial charge is 0.242 e. The molecule has 0 aliphatic carbocycles. The van der Waals surface area contributed by atoms with E-state index in [1.165, 1.54) is 4.31 Å². The molecule has 1 aromatic heterocycles. The minimum Gasteiger partial charge on any atom is -0.494 e. The summed E-state index contributed by atoms with van der Waals surface area (Å²) < 4.78 is 35.3. The molecule has 1 aliphatic heterocycles. The number of nitrogens with zero attached hydrogens (tertiary/aromatic N) is 3. The molecular formula is C21H23N3O3S. The summed E-state index contributed by atoms with van der Waals surface area (Å²) in [6.45, 7) is 4.36. The lowest BCUT2D eigenvalue weighted by molar-refractivity contribution is 0.413. The number of anilines is 1.